The second-order valence-electron chi connectivity index (χ2n) is 8.91. The molecule has 1 fully saturated rings. The van der Waals surface area contributed by atoms with Gasteiger partial charge in [0.15, 0.2) is 5.54 Å². The number of fused-ring (bicyclic) bond motifs is 5. The van der Waals surface area contributed by atoms with Crippen LogP contribution in [0.15, 0.2) is 42.5 Å². The maximum Gasteiger partial charge on any atom is 0.332 e. The number of methoxy groups -OCH3 is 2. The van der Waals surface area contributed by atoms with Crippen LogP contribution < -0.4 is 15.0 Å². The van der Waals surface area contributed by atoms with Crippen LogP contribution in [0.4, 0.5) is 10.5 Å². The van der Waals surface area contributed by atoms with E-state index in [2.05, 4.69) is 10.3 Å². The van der Waals surface area contributed by atoms with Gasteiger partial charge in [-0.3, -0.25) is 9.59 Å². The molecule has 0 bridgehead atoms. The number of nitrogens with zero attached hydrogens (tertiary/aromatic N) is 2. The monoisotopic (exact) mass is 476 g/mol. The molecule has 0 spiro atoms. The third kappa shape index (κ3) is 3.46. The molecule has 2 N–H and O–H groups in total. The average molecular weight is 477 g/mol. The first-order valence-electron chi connectivity index (χ1n) is 11.6. The van der Waals surface area contributed by atoms with E-state index in [0.717, 1.165) is 27.1 Å². The highest BCUT2D eigenvalue weighted by atomic mass is 16.5. The zero-order valence-electron chi connectivity index (χ0n) is 20.0. The lowest BCUT2D eigenvalue weighted by molar-refractivity contribution is -0.125. The molecule has 2 aliphatic rings. The minimum absolute atomic E-state index is 0.275. The van der Waals surface area contributed by atoms with Crippen LogP contribution in [-0.2, 0) is 21.5 Å². The van der Waals surface area contributed by atoms with Crippen molar-refractivity contribution >= 4 is 34.4 Å². The number of amides is 4. The van der Waals surface area contributed by atoms with Gasteiger partial charge >= 0.3 is 6.03 Å². The lowest BCUT2D eigenvalue weighted by atomic mass is 9.87. The van der Waals surface area contributed by atoms with Crippen molar-refractivity contribution in [3.05, 3.63) is 59.3 Å². The highest BCUT2D eigenvalue weighted by Gasteiger charge is 2.59. The summed E-state index contributed by atoms with van der Waals surface area (Å²) in [5.41, 5.74) is 1.94. The first-order chi connectivity index (χ1) is 16.9. The molecule has 182 valence electrons. The summed E-state index contributed by atoms with van der Waals surface area (Å²) in [5.74, 6) is 0.0000938. The number of aromatic amines is 1. The number of carbonyl (C=O) groups is 3. The van der Waals surface area contributed by atoms with Gasteiger partial charge in [-0.1, -0.05) is 12.1 Å². The number of ether oxygens (including phenoxy) is 2. The van der Waals surface area contributed by atoms with Gasteiger partial charge in [0.1, 0.15) is 5.75 Å². The summed E-state index contributed by atoms with van der Waals surface area (Å²) < 4.78 is 10.4. The Morgan fingerprint density at radius 2 is 1.97 bits per heavy atom. The average Bonchev–Trinajstić information content (AvgIpc) is 3.34. The number of para-hydroxylation sites is 1. The molecule has 0 radical (unpaired) electrons. The first-order valence-corrected chi connectivity index (χ1v) is 11.6. The number of carbonyl (C=O) groups excluding carboxylic acids is 3. The highest BCUT2D eigenvalue weighted by molar-refractivity contribution is 6.25. The number of aromatic nitrogens is 1. The molecule has 2 aromatic carbocycles. The van der Waals surface area contributed by atoms with Crippen LogP contribution in [0.5, 0.6) is 5.75 Å². The van der Waals surface area contributed by atoms with E-state index in [4.69, 9.17) is 9.47 Å². The van der Waals surface area contributed by atoms with Crippen LogP contribution >= 0.6 is 0 Å². The van der Waals surface area contributed by atoms with E-state index in [-0.39, 0.29) is 23.1 Å². The maximum absolute atomic E-state index is 14.0. The minimum atomic E-state index is -1.21. The summed E-state index contributed by atoms with van der Waals surface area (Å²) in [4.78, 5) is 46.7. The molecule has 9 nitrogen and oxygen atoms in total. The first kappa shape index (κ1) is 22.9. The van der Waals surface area contributed by atoms with Crippen LogP contribution in [-0.4, -0.2) is 61.6 Å². The quantitative estimate of drug-likeness (QED) is 0.403. The molecule has 35 heavy (non-hydrogen) atoms. The molecule has 1 atom stereocenters. The second-order valence-corrected chi connectivity index (χ2v) is 8.91. The SMILES string of the molecule is COCCCNC(=O)c1ccccc1N1C(=O)N2CCc3c([nH]c4ccc(OC)cc34)C2(C)C1=O. The molecule has 0 aliphatic carbocycles. The van der Waals surface area contributed by atoms with Gasteiger partial charge in [-0.25, -0.2) is 9.69 Å². The summed E-state index contributed by atoms with van der Waals surface area (Å²) >= 11 is 0. The van der Waals surface area contributed by atoms with Crippen LogP contribution in [0.25, 0.3) is 10.9 Å². The molecule has 1 aromatic heterocycles. The molecule has 9 heteroatoms. The number of nitrogens with one attached hydrogen (secondary N) is 2. The normalized spacial score (nSPS) is 19.2. The number of anilines is 1. The van der Waals surface area contributed by atoms with Gasteiger partial charge in [0.2, 0.25) is 0 Å². The van der Waals surface area contributed by atoms with Crippen molar-refractivity contribution in [2.45, 2.75) is 25.3 Å². The predicted molar refractivity (Wildman–Crippen MR) is 131 cm³/mol. The Kier molecular flexibility index (Phi) is 5.72. The zero-order valence-corrected chi connectivity index (χ0v) is 20.0. The predicted octanol–water partition coefficient (Wildman–Crippen LogP) is 3.18. The Labute approximate surface area is 203 Å². The van der Waals surface area contributed by atoms with Crippen molar-refractivity contribution in [1.82, 2.24) is 15.2 Å². The van der Waals surface area contributed by atoms with E-state index < -0.39 is 11.6 Å². The van der Waals surface area contributed by atoms with Crippen molar-refractivity contribution in [3.8, 4) is 5.75 Å². The van der Waals surface area contributed by atoms with Crippen molar-refractivity contribution in [2.75, 3.05) is 38.8 Å². The Morgan fingerprint density at radius 3 is 2.74 bits per heavy atom. The van der Waals surface area contributed by atoms with Crippen molar-refractivity contribution in [1.29, 1.82) is 0 Å². The fourth-order valence-corrected chi connectivity index (χ4v) is 5.13. The Bertz CT molecular complexity index is 1330. The molecule has 3 heterocycles. The number of imide groups is 1. The fourth-order valence-electron chi connectivity index (χ4n) is 5.13. The van der Waals surface area contributed by atoms with Crippen LogP contribution in [0.1, 0.15) is 35.0 Å². The van der Waals surface area contributed by atoms with Crippen LogP contribution in [0.3, 0.4) is 0 Å². The molecule has 3 aromatic rings. The summed E-state index contributed by atoms with van der Waals surface area (Å²) in [6, 6.07) is 12.0. The highest BCUT2D eigenvalue weighted by Crippen LogP contribution is 2.46. The third-order valence-electron chi connectivity index (χ3n) is 6.97. The topological polar surface area (TPSA) is 104 Å². The van der Waals surface area contributed by atoms with Gasteiger partial charge in [0, 0.05) is 37.7 Å². The van der Waals surface area contributed by atoms with E-state index in [0.29, 0.717) is 38.2 Å². The molecule has 4 amide bonds. The van der Waals surface area contributed by atoms with E-state index in [1.54, 1.807) is 50.3 Å². The summed E-state index contributed by atoms with van der Waals surface area (Å²) in [7, 11) is 3.22. The van der Waals surface area contributed by atoms with E-state index in [1.807, 2.05) is 18.2 Å². The van der Waals surface area contributed by atoms with Gasteiger partial charge in [-0.2, -0.15) is 0 Å². The number of urea groups is 1. The van der Waals surface area contributed by atoms with Crippen LogP contribution in [0.2, 0.25) is 0 Å². The molecular weight excluding hydrogens is 448 g/mol. The lowest BCUT2D eigenvalue weighted by Crippen LogP contribution is -2.49. The van der Waals surface area contributed by atoms with Gasteiger partial charge in [0.05, 0.1) is 24.1 Å². The third-order valence-corrected chi connectivity index (χ3v) is 6.97. The van der Waals surface area contributed by atoms with Crippen molar-refractivity contribution in [2.24, 2.45) is 0 Å². The maximum atomic E-state index is 14.0. The van der Waals surface area contributed by atoms with E-state index in [1.165, 1.54) is 0 Å². The van der Waals surface area contributed by atoms with Crippen LogP contribution in [0, 0.1) is 0 Å². The number of benzene rings is 2. The molecule has 5 rings (SSSR count). The number of hydrogen-bond donors (Lipinski definition) is 2. The van der Waals surface area contributed by atoms with Crippen molar-refractivity contribution in [3.63, 3.8) is 0 Å². The largest absolute Gasteiger partial charge is 0.497 e. The summed E-state index contributed by atoms with van der Waals surface area (Å²) in [6.45, 7) is 3.11. The second kappa shape index (κ2) is 8.74. The van der Waals surface area contributed by atoms with E-state index >= 15 is 0 Å². The summed E-state index contributed by atoms with van der Waals surface area (Å²) in [5, 5.41) is 3.83. The zero-order chi connectivity index (χ0) is 24.7. The van der Waals surface area contributed by atoms with Gasteiger partial charge in [-0.15, -0.1) is 0 Å². The Balaban J connectivity index is 1.53. The Morgan fingerprint density at radius 1 is 1.17 bits per heavy atom. The van der Waals surface area contributed by atoms with E-state index in [9.17, 15) is 14.4 Å². The molecular formula is C26H28N4O5. The number of rotatable bonds is 7. The van der Waals surface area contributed by atoms with Gasteiger partial charge in [0.25, 0.3) is 11.8 Å². The number of H-pyrrole nitrogens is 1. The fraction of sp³-hybridized carbons (Fsp3) is 0.346. The Hall–Kier alpha value is -3.85. The standard InChI is InChI=1S/C26H28N4O5/c1-26-22-17(19-15-16(35-3)9-10-20(19)28-22)11-13-29(26)25(33)30(24(26)32)21-8-5-4-7-18(21)23(31)27-12-6-14-34-2/h4-5,7-10,15,28H,6,11-14H2,1-3H3,(H,27,31). The molecule has 2 aliphatic heterocycles. The van der Waals surface area contributed by atoms with Crippen molar-refractivity contribution < 1.29 is 23.9 Å². The summed E-state index contributed by atoms with van der Waals surface area (Å²) in [6.07, 6.45) is 1.26. The van der Waals surface area contributed by atoms with Gasteiger partial charge < -0.3 is 24.7 Å². The minimum Gasteiger partial charge on any atom is -0.497 e. The number of hydrogen-bond acceptors (Lipinski definition) is 5. The lowest BCUT2D eigenvalue weighted by Gasteiger charge is -2.35. The van der Waals surface area contributed by atoms with Gasteiger partial charge in [-0.05, 0) is 55.7 Å². The molecule has 1 saturated heterocycles. The molecule has 0 saturated carbocycles. The smallest absolute Gasteiger partial charge is 0.332 e. The molecule has 1 unspecified atom stereocenters.